The highest BCUT2D eigenvalue weighted by Crippen LogP contribution is 2.59. The highest BCUT2D eigenvalue weighted by atomic mass is 16.7. The Bertz CT molecular complexity index is 1160. The molecule has 0 saturated carbocycles. The zero-order chi connectivity index (χ0) is 26.3. The van der Waals surface area contributed by atoms with Crippen LogP contribution < -0.4 is 0 Å². The molecule has 1 fully saturated rings. The molecule has 5 rings (SSSR count). The first-order valence-corrected chi connectivity index (χ1v) is 12.5. The summed E-state index contributed by atoms with van der Waals surface area (Å²) in [7, 11) is 0. The number of ether oxygens (including phenoxy) is 2. The first kappa shape index (κ1) is 25.5. The van der Waals surface area contributed by atoms with Gasteiger partial charge in [-0.2, -0.15) is 0 Å². The second kappa shape index (κ2) is 7.93. The largest absolute Gasteiger partial charge is 0.389 e. The Morgan fingerprint density at radius 2 is 1.86 bits per heavy atom. The average Bonchev–Trinajstić information content (AvgIpc) is 3.05. The fourth-order valence-electron chi connectivity index (χ4n) is 6.69. The molecular weight excluding hydrogens is 460 g/mol. The first-order chi connectivity index (χ1) is 16.7. The number of ketones is 1. The third-order valence-corrected chi connectivity index (χ3v) is 9.48. The van der Waals surface area contributed by atoms with Crippen LogP contribution in [0.4, 0.5) is 0 Å². The summed E-state index contributed by atoms with van der Waals surface area (Å²) in [5.41, 5.74) is -2.32. The Hall–Kier alpha value is -2.13. The van der Waals surface area contributed by atoms with Crippen molar-refractivity contribution in [3.63, 3.8) is 0 Å². The van der Waals surface area contributed by atoms with Crippen LogP contribution in [-0.2, 0) is 14.3 Å². The maximum Gasteiger partial charge on any atom is 0.222 e. The van der Waals surface area contributed by atoms with Gasteiger partial charge in [-0.25, -0.2) is 0 Å². The maximum absolute atomic E-state index is 13.0. The Labute approximate surface area is 211 Å². The fourth-order valence-corrected chi connectivity index (χ4v) is 6.69. The number of hydrogen-bond acceptors (Lipinski definition) is 7. The van der Waals surface area contributed by atoms with Crippen molar-refractivity contribution < 1.29 is 34.7 Å². The van der Waals surface area contributed by atoms with Crippen LogP contribution in [0.25, 0.3) is 0 Å². The first-order valence-electron chi connectivity index (χ1n) is 12.5. The molecule has 0 unspecified atom stereocenters. The van der Waals surface area contributed by atoms with E-state index in [9.17, 15) is 25.2 Å². The zero-order valence-electron chi connectivity index (χ0n) is 21.2. The van der Waals surface area contributed by atoms with Crippen molar-refractivity contribution in [3.05, 3.63) is 71.9 Å². The van der Waals surface area contributed by atoms with Gasteiger partial charge in [0.2, 0.25) is 5.79 Å². The van der Waals surface area contributed by atoms with Gasteiger partial charge in [0.05, 0.1) is 25.4 Å². The van der Waals surface area contributed by atoms with Crippen molar-refractivity contribution in [2.24, 2.45) is 16.7 Å². The SMILES string of the molecule is C=C(CO[C@@]12C=C3C=C[C@H](O)[C@H](C)[C@@]3(C)C[C@@]1(O)C(=C)CO2)[C@]1(O)C[C@]2(C)C[C@@H](O)C=CC2=CC1=O. The summed E-state index contributed by atoms with van der Waals surface area (Å²) < 4.78 is 12.3. The normalized spacial score (nSPS) is 47.6. The Kier molecular flexibility index (Phi) is 5.62. The van der Waals surface area contributed by atoms with Gasteiger partial charge in [0.1, 0.15) is 5.60 Å². The van der Waals surface area contributed by atoms with Gasteiger partial charge in [-0.1, -0.05) is 58.2 Å². The predicted octanol–water partition coefficient (Wildman–Crippen LogP) is 2.43. The molecule has 0 radical (unpaired) electrons. The van der Waals surface area contributed by atoms with Crippen molar-refractivity contribution in [3.8, 4) is 0 Å². The van der Waals surface area contributed by atoms with E-state index in [0.717, 1.165) is 11.1 Å². The maximum atomic E-state index is 13.0. The molecule has 194 valence electrons. The van der Waals surface area contributed by atoms with E-state index in [4.69, 9.17) is 9.47 Å². The lowest BCUT2D eigenvalue weighted by Gasteiger charge is -2.53. The lowest BCUT2D eigenvalue weighted by Crippen LogP contribution is -2.60. The van der Waals surface area contributed by atoms with Crippen LogP contribution in [0.5, 0.6) is 0 Å². The van der Waals surface area contributed by atoms with Crippen LogP contribution in [-0.4, -0.2) is 68.6 Å². The molecule has 7 heteroatoms. The number of aliphatic hydroxyl groups is 4. The van der Waals surface area contributed by atoms with E-state index >= 15 is 0 Å². The molecule has 0 aromatic heterocycles. The molecule has 8 atom stereocenters. The Balaban J connectivity index is 1.45. The molecule has 0 spiro atoms. The summed E-state index contributed by atoms with van der Waals surface area (Å²) in [5.74, 6) is -2.21. The van der Waals surface area contributed by atoms with E-state index in [1.165, 1.54) is 6.08 Å². The molecule has 0 amide bonds. The minimum absolute atomic E-state index is 0.0659. The minimum Gasteiger partial charge on any atom is -0.389 e. The molecular formula is C29H36O7. The van der Waals surface area contributed by atoms with E-state index in [1.54, 1.807) is 24.3 Å². The van der Waals surface area contributed by atoms with Crippen LogP contribution in [0.15, 0.2) is 71.9 Å². The van der Waals surface area contributed by atoms with Crippen LogP contribution in [0.2, 0.25) is 0 Å². The molecule has 1 heterocycles. The van der Waals surface area contributed by atoms with E-state index in [-0.39, 0.29) is 37.5 Å². The van der Waals surface area contributed by atoms with E-state index in [2.05, 4.69) is 13.2 Å². The lowest BCUT2D eigenvalue weighted by molar-refractivity contribution is -0.259. The molecule has 4 aliphatic carbocycles. The second-order valence-electron chi connectivity index (χ2n) is 11.8. The van der Waals surface area contributed by atoms with Gasteiger partial charge in [-0.15, -0.1) is 0 Å². The molecule has 1 aliphatic heterocycles. The minimum atomic E-state index is -1.88. The average molecular weight is 497 g/mol. The zero-order valence-corrected chi connectivity index (χ0v) is 21.2. The van der Waals surface area contributed by atoms with Gasteiger partial charge in [-0.3, -0.25) is 4.79 Å². The Morgan fingerprint density at radius 1 is 1.17 bits per heavy atom. The van der Waals surface area contributed by atoms with E-state index in [0.29, 0.717) is 12.0 Å². The third kappa shape index (κ3) is 3.37. The Morgan fingerprint density at radius 3 is 2.58 bits per heavy atom. The highest BCUT2D eigenvalue weighted by molar-refractivity contribution is 6.01. The van der Waals surface area contributed by atoms with Gasteiger partial charge in [-0.05, 0) is 65.0 Å². The lowest BCUT2D eigenvalue weighted by atomic mass is 9.56. The van der Waals surface area contributed by atoms with E-state index in [1.807, 2.05) is 26.8 Å². The highest BCUT2D eigenvalue weighted by Gasteiger charge is 2.65. The van der Waals surface area contributed by atoms with Gasteiger partial charge in [0, 0.05) is 5.41 Å². The van der Waals surface area contributed by atoms with Crippen molar-refractivity contribution in [2.75, 3.05) is 13.2 Å². The second-order valence-corrected chi connectivity index (χ2v) is 11.8. The van der Waals surface area contributed by atoms with Crippen LogP contribution in [0.3, 0.4) is 0 Å². The van der Waals surface area contributed by atoms with Gasteiger partial charge >= 0.3 is 0 Å². The van der Waals surface area contributed by atoms with Gasteiger partial charge in [0.15, 0.2) is 11.4 Å². The molecule has 5 aliphatic rings. The van der Waals surface area contributed by atoms with Crippen molar-refractivity contribution >= 4 is 5.78 Å². The number of rotatable bonds is 4. The van der Waals surface area contributed by atoms with Gasteiger partial charge < -0.3 is 29.9 Å². The predicted molar refractivity (Wildman–Crippen MR) is 134 cm³/mol. The standard InChI is InChI=1S/C29H36O7/c1-17(27(33)15-25(4)12-22(30)8-6-20(25)10-24(27)32)13-35-29-11-21-7-9-23(31)19(3)26(21,5)16-28(29,34)18(2)14-36-29/h6-11,19,22-23,30-31,33-34H,1-2,12-16H2,3-5H3/t19-,22-,23-,25-,26+,27+,28+,29+/m0/s1. The summed E-state index contributed by atoms with van der Waals surface area (Å²) in [5, 5.41) is 44.0. The monoisotopic (exact) mass is 496 g/mol. The third-order valence-electron chi connectivity index (χ3n) is 9.48. The quantitative estimate of drug-likeness (QED) is 0.442. The van der Waals surface area contributed by atoms with Crippen molar-refractivity contribution in [1.82, 2.24) is 0 Å². The van der Waals surface area contributed by atoms with Crippen LogP contribution in [0, 0.1) is 16.7 Å². The molecule has 0 aromatic rings. The summed E-state index contributed by atoms with van der Waals surface area (Å²) in [4.78, 5) is 13.0. The van der Waals surface area contributed by atoms with E-state index < -0.39 is 45.8 Å². The topological polar surface area (TPSA) is 116 Å². The van der Waals surface area contributed by atoms with Gasteiger partial charge in [0.25, 0.3) is 0 Å². The van der Waals surface area contributed by atoms with Crippen LogP contribution in [0.1, 0.15) is 40.0 Å². The molecule has 0 aromatic carbocycles. The summed E-state index contributed by atoms with van der Waals surface area (Å²) in [6, 6.07) is 0. The summed E-state index contributed by atoms with van der Waals surface area (Å²) in [6.07, 6.45) is 9.50. The van der Waals surface area contributed by atoms with Crippen molar-refractivity contribution in [2.45, 2.75) is 69.2 Å². The number of carbonyl (C=O) groups is 1. The summed E-state index contributed by atoms with van der Waals surface area (Å²) in [6.45, 7) is 13.8. The summed E-state index contributed by atoms with van der Waals surface area (Å²) >= 11 is 0. The number of hydrogen-bond donors (Lipinski definition) is 4. The number of carbonyl (C=O) groups excluding carboxylic acids is 1. The van der Waals surface area contributed by atoms with Crippen molar-refractivity contribution in [1.29, 1.82) is 0 Å². The smallest absolute Gasteiger partial charge is 0.222 e. The molecule has 1 saturated heterocycles. The van der Waals surface area contributed by atoms with Crippen LogP contribution >= 0.6 is 0 Å². The fraction of sp³-hybridized carbons (Fsp3) is 0.552. The number of allylic oxidation sites excluding steroid dienone is 4. The molecule has 4 N–H and O–H groups in total. The number of aliphatic hydroxyl groups excluding tert-OH is 2. The molecule has 7 nitrogen and oxygen atoms in total. The molecule has 0 bridgehead atoms. The number of fused-ring (bicyclic) bond motifs is 3. The molecule has 36 heavy (non-hydrogen) atoms.